The van der Waals surface area contributed by atoms with Crippen LogP contribution in [-0.2, 0) is 6.61 Å². The molecule has 1 aliphatic carbocycles. The van der Waals surface area contributed by atoms with Crippen LogP contribution in [-0.4, -0.2) is 15.3 Å². The van der Waals surface area contributed by atoms with Crippen LogP contribution in [0.25, 0.3) is 0 Å². The van der Waals surface area contributed by atoms with Crippen LogP contribution in [0.15, 0.2) is 23.4 Å². The molecule has 0 unspecified atom stereocenters. The first kappa shape index (κ1) is 11.0. The topological polar surface area (TPSA) is 33.1 Å². The summed E-state index contributed by atoms with van der Waals surface area (Å²) in [6, 6.07) is 3.84. The Bertz CT molecular complexity index is 310. The monoisotopic (exact) mass is 223 g/mol. The predicted octanol–water partition coefficient (Wildman–Crippen LogP) is 3.00. The van der Waals surface area contributed by atoms with Crippen LogP contribution < -0.4 is 0 Å². The number of hydrogen-bond acceptors (Lipinski definition) is 3. The minimum absolute atomic E-state index is 0.100. The lowest BCUT2D eigenvalue weighted by Gasteiger charge is -2.21. The molecule has 0 atom stereocenters. The highest BCUT2D eigenvalue weighted by atomic mass is 32.2. The van der Waals surface area contributed by atoms with E-state index in [1.54, 1.807) is 0 Å². The van der Waals surface area contributed by atoms with E-state index >= 15 is 0 Å². The van der Waals surface area contributed by atoms with Crippen LogP contribution in [0.4, 0.5) is 0 Å². The maximum atomic E-state index is 9.19. The standard InChI is InChI=1S/C12H17NOS/c14-9-10-5-4-8-13-12(10)15-11-6-2-1-3-7-11/h4-5,8,11,14H,1-3,6-7,9H2. The molecule has 15 heavy (non-hydrogen) atoms. The van der Waals surface area contributed by atoms with Crippen molar-refractivity contribution in [2.24, 2.45) is 0 Å². The smallest absolute Gasteiger partial charge is 0.102 e. The second kappa shape index (κ2) is 5.52. The van der Waals surface area contributed by atoms with E-state index in [-0.39, 0.29) is 6.61 Å². The Kier molecular flexibility index (Phi) is 4.03. The third-order valence-electron chi connectivity index (χ3n) is 2.85. The van der Waals surface area contributed by atoms with Crippen LogP contribution in [0.2, 0.25) is 0 Å². The second-order valence-electron chi connectivity index (χ2n) is 4.00. The minimum Gasteiger partial charge on any atom is -0.392 e. The van der Waals surface area contributed by atoms with Gasteiger partial charge in [-0.05, 0) is 18.9 Å². The summed E-state index contributed by atoms with van der Waals surface area (Å²) < 4.78 is 0. The molecule has 0 amide bonds. The fourth-order valence-corrected chi connectivity index (χ4v) is 3.28. The molecule has 2 rings (SSSR count). The molecule has 3 heteroatoms. The second-order valence-corrected chi connectivity index (χ2v) is 5.29. The highest BCUT2D eigenvalue weighted by Crippen LogP contribution is 2.33. The van der Waals surface area contributed by atoms with Gasteiger partial charge >= 0.3 is 0 Å². The van der Waals surface area contributed by atoms with E-state index in [0.717, 1.165) is 10.6 Å². The van der Waals surface area contributed by atoms with Crippen molar-refractivity contribution in [3.05, 3.63) is 23.9 Å². The number of pyridine rings is 1. The van der Waals surface area contributed by atoms with Crippen LogP contribution >= 0.6 is 11.8 Å². The van der Waals surface area contributed by atoms with E-state index in [2.05, 4.69) is 4.98 Å². The zero-order valence-electron chi connectivity index (χ0n) is 8.85. The van der Waals surface area contributed by atoms with Crippen molar-refractivity contribution in [1.82, 2.24) is 4.98 Å². The molecule has 1 aromatic heterocycles. The van der Waals surface area contributed by atoms with Gasteiger partial charge in [0.2, 0.25) is 0 Å². The quantitative estimate of drug-likeness (QED) is 0.855. The van der Waals surface area contributed by atoms with Gasteiger partial charge in [-0.1, -0.05) is 25.3 Å². The number of thioether (sulfide) groups is 1. The molecule has 0 aromatic carbocycles. The summed E-state index contributed by atoms with van der Waals surface area (Å²) >= 11 is 1.84. The van der Waals surface area contributed by atoms with Gasteiger partial charge in [0, 0.05) is 17.0 Å². The number of aromatic nitrogens is 1. The van der Waals surface area contributed by atoms with Gasteiger partial charge in [0.25, 0.3) is 0 Å². The van der Waals surface area contributed by atoms with Gasteiger partial charge in [-0.3, -0.25) is 0 Å². The number of aliphatic hydroxyl groups is 1. The van der Waals surface area contributed by atoms with E-state index in [0.29, 0.717) is 5.25 Å². The van der Waals surface area contributed by atoms with Crippen molar-refractivity contribution in [1.29, 1.82) is 0 Å². The average molecular weight is 223 g/mol. The maximum Gasteiger partial charge on any atom is 0.102 e. The lowest BCUT2D eigenvalue weighted by molar-refractivity contribution is 0.278. The first-order valence-corrected chi connectivity index (χ1v) is 6.49. The molecule has 1 N–H and O–H groups in total. The molecular formula is C12H17NOS. The molecule has 1 saturated carbocycles. The fourth-order valence-electron chi connectivity index (χ4n) is 1.99. The highest BCUT2D eigenvalue weighted by Gasteiger charge is 2.16. The molecule has 0 bridgehead atoms. The Labute approximate surface area is 95.1 Å². The third-order valence-corrected chi connectivity index (χ3v) is 4.25. The molecule has 1 fully saturated rings. The summed E-state index contributed by atoms with van der Waals surface area (Å²) in [5, 5.41) is 10.9. The largest absolute Gasteiger partial charge is 0.392 e. The lowest BCUT2D eigenvalue weighted by atomic mass is 10.0. The maximum absolute atomic E-state index is 9.19. The van der Waals surface area contributed by atoms with Crippen molar-refractivity contribution < 1.29 is 5.11 Å². The lowest BCUT2D eigenvalue weighted by Crippen LogP contribution is -2.08. The van der Waals surface area contributed by atoms with Gasteiger partial charge < -0.3 is 5.11 Å². The summed E-state index contributed by atoms with van der Waals surface area (Å²) in [5.41, 5.74) is 0.966. The minimum atomic E-state index is 0.100. The van der Waals surface area contributed by atoms with E-state index < -0.39 is 0 Å². The average Bonchev–Trinajstić information content (AvgIpc) is 2.31. The third kappa shape index (κ3) is 2.95. The van der Waals surface area contributed by atoms with Crippen LogP contribution in [0, 0.1) is 0 Å². The van der Waals surface area contributed by atoms with Crippen molar-refractivity contribution in [3.63, 3.8) is 0 Å². The van der Waals surface area contributed by atoms with E-state index in [9.17, 15) is 5.11 Å². The molecular weight excluding hydrogens is 206 g/mol. The van der Waals surface area contributed by atoms with Crippen molar-refractivity contribution in [3.8, 4) is 0 Å². The Morgan fingerprint density at radius 2 is 2.13 bits per heavy atom. The summed E-state index contributed by atoms with van der Waals surface area (Å²) in [7, 11) is 0. The van der Waals surface area contributed by atoms with Crippen molar-refractivity contribution in [2.45, 2.75) is 49.0 Å². The van der Waals surface area contributed by atoms with Crippen LogP contribution in [0.5, 0.6) is 0 Å². The number of nitrogens with zero attached hydrogens (tertiary/aromatic N) is 1. The van der Waals surface area contributed by atoms with E-state index in [1.165, 1.54) is 32.1 Å². The predicted molar refractivity (Wildman–Crippen MR) is 62.9 cm³/mol. The summed E-state index contributed by atoms with van der Waals surface area (Å²) in [4.78, 5) is 4.35. The fraction of sp³-hybridized carbons (Fsp3) is 0.583. The number of rotatable bonds is 3. The molecule has 1 aliphatic rings. The van der Waals surface area contributed by atoms with Gasteiger partial charge in [0.05, 0.1) is 6.61 Å². The molecule has 1 heterocycles. The summed E-state index contributed by atoms with van der Waals surface area (Å²) in [5.74, 6) is 0. The first-order chi connectivity index (χ1) is 7.40. The molecule has 0 spiro atoms. The normalized spacial score (nSPS) is 17.9. The molecule has 0 radical (unpaired) electrons. The van der Waals surface area contributed by atoms with Crippen molar-refractivity contribution >= 4 is 11.8 Å². The molecule has 2 nitrogen and oxygen atoms in total. The molecule has 0 saturated heterocycles. The number of aliphatic hydroxyl groups excluding tert-OH is 1. The van der Waals surface area contributed by atoms with Crippen LogP contribution in [0.3, 0.4) is 0 Å². The summed E-state index contributed by atoms with van der Waals surface area (Å²) in [6.45, 7) is 0.100. The highest BCUT2D eigenvalue weighted by molar-refractivity contribution is 7.99. The molecule has 1 aromatic rings. The Morgan fingerprint density at radius 3 is 2.87 bits per heavy atom. The zero-order valence-corrected chi connectivity index (χ0v) is 9.67. The van der Waals surface area contributed by atoms with Gasteiger partial charge in [-0.15, -0.1) is 11.8 Å². The Morgan fingerprint density at radius 1 is 1.33 bits per heavy atom. The first-order valence-electron chi connectivity index (χ1n) is 5.61. The Hall–Kier alpha value is -0.540. The molecule has 82 valence electrons. The zero-order chi connectivity index (χ0) is 10.5. The van der Waals surface area contributed by atoms with Gasteiger partial charge in [0.1, 0.15) is 5.03 Å². The van der Waals surface area contributed by atoms with Gasteiger partial charge in [-0.25, -0.2) is 4.98 Å². The molecule has 0 aliphatic heterocycles. The Balaban J connectivity index is 2.02. The van der Waals surface area contributed by atoms with Gasteiger partial charge in [-0.2, -0.15) is 0 Å². The van der Waals surface area contributed by atoms with Crippen molar-refractivity contribution in [2.75, 3.05) is 0 Å². The SMILES string of the molecule is OCc1cccnc1SC1CCCCC1. The van der Waals surface area contributed by atoms with Gasteiger partial charge in [0.15, 0.2) is 0 Å². The van der Waals surface area contributed by atoms with E-state index in [4.69, 9.17) is 0 Å². The summed E-state index contributed by atoms with van der Waals surface area (Å²) in [6.07, 6.45) is 8.48. The van der Waals surface area contributed by atoms with E-state index in [1.807, 2.05) is 30.1 Å². The van der Waals surface area contributed by atoms with Crippen LogP contribution in [0.1, 0.15) is 37.7 Å². The number of hydrogen-bond donors (Lipinski definition) is 1.